The highest BCUT2D eigenvalue weighted by atomic mass is 16.1. The molecule has 0 unspecified atom stereocenters. The molecule has 1 amide bonds. The van der Waals surface area contributed by atoms with Gasteiger partial charge in [0.25, 0.3) is 5.91 Å². The number of rotatable bonds is 2. The highest BCUT2D eigenvalue weighted by Crippen LogP contribution is 2.34. The zero-order valence-corrected chi connectivity index (χ0v) is 10.2. The van der Waals surface area contributed by atoms with Crippen molar-refractivity contribution in [3.8, 4) is 0 Å². The molecule has 0 aromatic heterocycles. The van der Waals surface area contributed by atoms with E-state index in [1.54, 1.807) is 0 Å². The lowest BCUT2D eigenvalue weighted by Crippen LogP contribution is -2.34. The number of carbonyl (C=O) groups excluding carboxylic acids is 1. The van der Waals surface area contributed by atoms with Crippen LogP contribution in [0.3, 0.4) is 0 Å². The smallest absolute Gasteiger partial charge is 0.251 e. The normalized spacial score (nSPS) is 20.1. The van der Waals surface area contributed by atoms with E-state index in [1.165, 1.54) is 11.3 Å². The Balaban J connectivity index is 1.80. The Kier molecular flexibility index (Phi) is 2.35. The van der Waals surface area contributed by atoms with Crippen LogP contribution in [0.1, 0.15) is 42.1 Å². The third kappa shape index (κ3) is 2.14. The number of aryl methyl sites for hydroxylation is 1. The van der Waals surface area contributed by atoms with E-state index < -0.39 is 0 Å². The summed E-state index contributed by atoms with van der Waals surface area (Å²) >= 11 is 0. The second-order valence-electron chi connectivity index (χ2n) is 5.42. The zero-order valence-electron chi connectivity index (χ0n) is 10.2. The van der Waals surface area contributed by atoms with E-state index in [2.05, 4.69) is 17.6 Å². The minimum Gasteiger partial charge on any atom is -0.385 e. The molecule has 17 heavy (non-hydrogen) atoms. The van der Waals surface area contributed by atoms with E-state index in [0.29, 0.717) is 0 Å². The van der Waals surface area contributed by atoms with Crippen LogP contribution in [0, 0.1) is 0 Å². The Morgan fingerprint density at radius 1 is 1.41 bits per heavy atom. The first-order valence-corrected chi connectivity index (χ1v) is 6.36. The van der Waals surface area contributed by atoms with E-state index in [1.807, 2.05) is 18.2 Å². The molecule has 1 fully saturated rings. The third-order valence-corrected chi connectivity index (χ3v) is 3.72. The quantitative estimate of drug-likeness (QED) is 0.818. The summed E-state index contributed by atoms with van der Waals surface area (Å²) in [6, 6.07) is 5.97. The number of anilines is 1. The van der Waals surface area contributed by atoms with Gasteiger partial charge < -0.3 is 10.6 Å². The minimum absolute atomic E-state index is 0.0608. The predicted molar refractivity (Wildman–Crippen MR) is 68.4 cm³/mol. The van der Waals surface area contributed by atoms with Crippen molar-refractivity contribution in [2.75, 3.05) is 11.9 Å². The molecule has 0 spiro atoms. The molecule has 1 heterocycles. The molecule has 90 valence electrons. The number of benzene rings is 1. The number of nitrogens with one attached hydrogen (secondary N) is 2. The van der Waals surface area contributed by atoms with Crippen LogP contribution in [0.4, 0.5) is 5.69 Å². The van der Waals surface area contributed by atoms with Gasteiger partial charge in [-0.25, -0.2) is 0 Å². The summed E-state index contributed by atoms with van der Waals surface area (Å²) in [5.74, 6) is 0.0679. The van der Waals surface area contributed by atoms with Gasteiger partial charge in [-0.3, -0.25) is 4.79 Å². The number of hydrogen-bond acceptors (Lipinski definition) is 2. The number of fused-ring (bicyclic) bond motifs is 1. The van der Waals surface area contributed by atoms with Gasteiger partial charge in [0.2, 0.25) is 0 Å². The zero-order chi connectivity index (χ0) is 11.9. The van der Waals surface area contributed by atoms with Crippen molar-refractivity contribution in [2.45, 2.75) is 38.1 Å². The Hall–Kier alpha value is -1.51. The van der Waals surface area contributed by atoms with Crippen molar-refractivity contribution in [1.29, 1.82) is 0 Å². The number of amides is 1. The standard InChI is InChI=1S/C14H18N2O/c1-14(6-7-14)16-13(17)11-4-5-12-10(9-11)3-2-8-15-12/h4-5,9,15H,2-3,6-8H2,1H3,(H,16,17). The van der Waals surface area contributed by atoms with Crippen LogP contribution in [0.15, 0.2) is 18.2 Å². The van der Waals surface area contributed by atoms with Crippen molar-refractivity contribution in [2.24, 2.45) is 0 Å². The van der Waals surface area contributed by atoms with E-state index in [9.17, 15) is 4.79 Å². The van der Waals surface area contributed by atoms with Crippen LogP contribution in [0.5, 0.6) is 0 Å². The van der Waals surface area contributed by atoms with Gasteiger partial charge in [-0.05, 0) is 56.4 Å². The molecule has 0 saturated heterocycles. The second-order valence-corrected chi connectivity index (χ2v) is 5.42. The molecule has 1 aromatic rings. The SMILES string of the molecule is CC1(NC(=O)c2ccc3c(c2)CCCN3)CC1. The van der Waals surface area contributed by atoms with Gasteiger partial charge in [0, 0.05) is 23.3 Å². The molecule has 3 nitrogen and oxygen atoms in total. The van der Waals surface area contributed by atoms with Crippen LogP contribution < -0.4 is 10.6 Å². The Bertz CT molecular complexity index is 463. The van der Waals surface area contributed by atoms with Crippen molar-refractivity contribution in [3.63, 3.8) is 0 Å². The van der Waals surface area contributed by atoms with Gasteiger partial charge in [0.15, 0.2) is 0 Å². The van der Waals surface area contributed by atoms with E-state index in [0.717, 1.165) is 37.8 Å². The van der Waals surface area contributed by atoms with E-state index in [-0.39, 0.29) is 11.4 Å². The molecule has 3 rings (SSSR count). The van der Waals surface area contributed by atoms with Crippen LogP contribution in [0.25, 0.3) is 0 Å². The largest absolute Gasteiger partial charge is 0.385 e. The second kappa shape index (κ2) is 3.76. The number of hydrogen-bond donors (Lipinski definition) is 2. The molecule has 0 bridgehead atoms. The van der Waals surface area contributed by atoms with Gasteiger partial charge in [-0.1, -0.05) is 0 Å². The Labute approximate surface area is 102 Å². The first kappa shape index (κ1) is 10.6. The van der Waals surface area contributed by atoms with Crippen molar-refractivity contribution in [1.82, 2.24) is 5.32 Å². The molecular formula is C14H18N2O. The lowest BCUT2D eigenvalue weighted by atomic mass is 10.0. The highest BCUT2D eigenvalue weighted by molar-refractivity contribution is 5.95. The average Bonchev–Trinajstić information content (AvgIpc) is 3.06. The van der Waals surface area contributed by atoms with E-state index in [4.69, 9.17) is 0 Å². The fourth-order valence-corrected chi connectivity index (χ4v) is 2.27. The minimum atomic E-state index is 0.0608. The van der Waals surface area contributed by atoms with Gasteiger partial charge >= 0.3 is 0 Å². The van der Waals surface area contributed by atoms with Gasteiger partial charge in [0.05, 0.1) is 0 Å². The van der Waals surface area contributed by atoms with Crippen LogP contribution in [0.2, 0.25) is 0 Å². The lowest BCUT2D eigenvalue weighted by Gasteiger charge is -2.19. The fraction of sp³-hybridized carbons (Fsp3) is 0.500. The van der Waals surface area contributed by atoms with Crippen molar-refractivity contribution in [3.05, 3.63) is 29.3 Å². The topological polar surface area (TPSA) is 41.1 Å². The lowest BCUT2D eigenvalue weighted by molar-refractivity contribution is 0.0935. The highest BCUT2D eigenvalue weighted by Gasteiger charge is 2.38. The molecule has 1 aliphatic heterocycles. The summed E-state index contributed by atoms with van der Waals surface area (Å²) in [4.78, 5) is 12.1. The summed E-state index contributed by atoms with van der Waals surface area (Å²) in [5.41, 5.74) is 3.31. The maximum absolute atomic E-state index is 12.1. The van der Waals surface area contributed by atoms with Gasteiger partial charge in [0.1, 0.15) is 0 Å². The molecule has 3 heteroatoms. The predicted octanol–water partition coefficient (Wildman–Crippen LogP) is 2.33. The monoisotopic (exact) mass is 230 g/mol. The summed E-state index contributed by atoms with van der Waals surface area (Å²) < 4.78 is 0. The molecule has 1 saturated carbocycles. The maximum atomic E-state index is 12.1. The molecule has 2 N–H and O–H groups in total. The molecular weight excluding hydrogens is 212 g/mol. The van der Waals surface area contributed by atoms with E-state index >= 15 is 0 Å². The van der Waals surface area contributed by atoms with Crippen LogP contribution in [-0.4, -0.2) is 18.0 Å². The molecule has 0 atom stereocenters. The molecule has 1 aromatic carbocycles. The fourth-order valence-electron chi connectivity index (χ4n) is 2.27. The van der Waals surface area contributed by atoms with Crippen molar-refractivity contribution >= 4 is 11.6 Å². The Morgan fingerprint density at radius 3 is 3.00 bits per heavy atom. The summed E-state index contributed by atoms with van der Waals surface area (Å²) in [5, 5.41) is 6.45. The summed E-state index contributed by atoms with van der Waals surface area (Å²) in [6.45, 7) is 3.14. The molecule has 2 aliphatic rings. The molecule has 0 radical (unpaired) electrons. The first-order valence-electron chi connectivity index (χ1n) is 6.36. The summed E-state index contributed by atoms with van der Waals surface area (Å²) in [7, 11) is 0. The maximum Gasteiger partial charge on any atom is 0.251 e. The summed E-state index contributed by atoms with van der Waals surface area (Å²) in [6.07, 6.45) is 4.42. The Morgan fingerprint density at radius 2 is 2.24 bits per heavy atom. The number of carbonyl (C=O) groups is 1. The third-order valence-electron chi connectivity index (χ3n) is 3.72. The molecule has 1 aliphatic carbocycles. The first-order chi connectivity index (χ1) is 8.16. The van der Waals surface area contributed by atoms with Crippen molar-refractivity contribution < 1.29 is 4.79 Å². The van der Waals surface area contributed by atoms with Crippen LogP contribution >= 0.6 is 0 Å². The van der Waals surface area contributed by atoms with Gasteiger partial charge in [-0.2, -0.15) is 0 Å². The van der Waals surface area contributed by atoms with Gasteiger partial charge in [-0.15, -0.1) is 0 Å². The van der Waals surface area contributed by atoms with Crippen LogP contribution in [-0.2, 0) is 6.42 Å². The average molecular weight is 230 g/mol.